The average molecular weight is 132 g/mol. The van der Waals surface area contributed by atoms with E-state index in [0.29, 0.717) is 12.9 Å². The summed E-state index contributed by atoms with van der Waals surface area (Å²) in [7, 11) is 0. The van der Waals surface area contributed by atoms with Gasteiger partial charge in [-0.05, 0) is 13.0 Å². The Bertz CT molecular complexity index is 110. The van der Waals surface area contributed by atoms with Crippen LogP contribution in [0.25, 0.3) is 0 Å². The number of hydrogen-bond donors (Lipinski definition) is 0. The normalized spacial score (nSPS) is 10.0. The number of carbonyl (C=O) groups is 1. The van der Waals surface area contributed by atoms with Crippen molar-refractivity contribution >= 4 is 5.97 Å². The van der Waals surface area contributed by atoms with Crippen LogP contribution in [-0.4, -0.2) is 12.6 Å². The van der Waals surface area contributed by atoms with Gasteiger partial charge in [0.1, 0.15) is 0 Å². The van der Waals surface area contributed by atoms with Crippen molar-refractivity contribution in [2.45, 2.75) is 13.3 Å². The predicted molar refractivity (Wildman–Crippen MR) is 31.5 cm³/mol. The largest absolute Gasteiger partial charge is 0.466 e. The first kappa shape index (κ1) is 8.14. The second-order valence-corrected chi connectivity index (χ2v) is 1.37. The molecule has 0 radical (unpaired) electrons. The van der Waals surface area contributed by atoms with E-state index in [9.17, 15) is 9.18 Å². The molecule has 0 amide bonds. The molecule has 0 aromatic heterocycles. The Morgan fingerprint density at radius 3 is 2.89 bits per heavy atom. The molecule has 0 aromatic rings. The first-order valence-electron chi connectivity index (χ1n) is 2.72. The molecule has 0 unspecified atom stereocenters. The molecule has 0 rings (SSSR count). The summed E-state index contributed by atoms with van der Waals surface area (Å²) in [5, 5.41) is 0. The van der Waals surface area contributed by atoms with E-state index in [0.717, 1.165) is 6.08 Å². The van der Waals surface area contributed by atoms with E-state index in [1.165, 1.54) is 0 Å². The molecule has 52 valence electrons. The van der Waals surface area contributed by atoms with Crippen molar-refractivity contribution in [1.82, 2.24) is 0 Å². The third-order valence-corrected chi connectivity index (χ3v) is 0.679. The first-order chi connectivity index (χ1) is 4.31. The zero-order valence-electron chi connectivity index (χ0n) is 5.26. The molecule has 0 N–H and O–H groups in total. The number of esters is 1. The van der Waals surface area contributed by atoms with E-state index < -0.39 is 5.97 Å². The van der Waals surface area contributed by atoms with Gasteiger partial charge >= 0.3 is 5.97 Å². The predicted octanol–water partition coefficient (Wildman–Crippen LogP) is 1.42. The topological polar surface area (TPSA) is 26.3 Å². The highest BCUT2D eigenvalue weighted by Gasteiger charge is 1.94. The summed E-state index contributed by atoms with van der Waals surface area (Å²) in [6.45, 7) is 2.05. The maximum absolute atomic E-state index is 11.2. The maximum atomic E-state index is 11.2. The third kappa shape index (κ3) is 5.00. The molecule has 0 spiro atoms. The fourth-order valence-corrected chi connectivity index (χ4v) is 0.361. The van der Waals surface area contributed by atoms with Crippen LogP contribution in [0.4, 0.5) is 4.39 Å². The van der Waals surface area contributed by atoms with Gasteiger partial charge < -0.3 is 4.74 Å². The van der Waals surface area contributed by atoms with Gasteiger partial charge in [0.25, 0.3) is 0 Å². The lowest BCUT2D eigenvalue weighted by molar-refractivity contribution is -0.142. The Balaban J connectivity index is 3.27. The van der Waals surface area contributed by atoms with Crippen molar-refractivity contribution in [3.8, 4) is 0 Å². The molecular formula is C6H9FO2. The lowest BCUT2D eigenvalue weighted by Gasteiger charge is -1.94. The van der Waals surface area contributed by atoms with E-state index in [1.807, 2.05) is 0 Å². The Morgan fingerprint density at radius 1 is 1.78 bits per heavy atom. The van der Waals surface area contributed by atoms with Gasteiger partial charge in [-0.25, -0.2) is 4.39 Å². The molecule has 3 heteroatoms. The summed E-state index contributed by atoms with van der Waals surface area (Å²) in [5.41, 5.74) is 0. The number of carbonyl (C=O) groups excluding carboxylic acids is 1. The van der Waals surface area contributed by atoms with Crippen LogP contribution in [0.15, 0.2) is 12.4 Å². The molecule has 0 saturated carbocycles. The van der Waals surface area contributed by atoms with Crippen molar-refractivity contribution < 1.29 is 13.9 Å². The van der Waals surface area contributed by atoms with E-state index >= 15 is 0 Å². The molecule has 2 nitrogen and oxygen atoms in total. The highest BCUT2D eigenvalue weighted by Crippen LogP contribution is 1.87. The molecule has 0 bridgehead atoms. The van der Waals surface area contributed by atoms with Crippen LogP contribution in [0, 0.1) is 0 Å². The van der Waals surface area contributed by atoms with Crippen molar-refractivity contribution in [2.75, 3.05) is 6.61 Å². The molecule has 9 heavy (non-hydrogen) atoms. The van der Waals surface area contributed by atoms with Crippen LogP contribution in [0.3, 0.4) is 0 Å². The number of halogens is 1. The molecule has 0 fully saturated rings. The Labute approximate surface area is 53.3 Å². The van der Waals surface area contributed by atoms with Crippen LogP contribution >= 0.6 is 0 Å². The summed E-state index contributed by atoms with van der Waals surface area (Å²) in [5.74, 6) is -0.397. The molecule has 0 aromatic carbocycles. The monoisotopic (exact) mass is 132 g/mol. The highest BCUT2D eigenvalue weighted by atomic mass is 19.1. The Hall–Kier alpha value is -0.860. The van der Waals surface area contributed by atoms with E-state index in [4.69, 9.17) is 0 Å². The van der Waals surface area contributed by atoms with Crippen LogP contribution in [0.1, 0.15) is 13.3 Å². The standard InChI is InChI=1S/C6H9FO2/c1-2-9-6(8)4-3-5-7/h3,5H,2,4H2,1H3. The maximum Gasteiger partial charge on any atom is 0.309 e. The average Bonchev–Trinajstić information content (AvgIpc) is 1.85. The SMILES string of the molecule is CCOC(=O)CC=CF. The van der Waals surface area contributed by atoms with Gasteiger partial charge in [-0.3, -0.25) is 4.79 Å². The van der Waals surface area contributed by atoms with Crippen LogP contribution in [0.2, 0.25) is 0 Å². The van der Waals surface area contributed by atoms with Gasteiger partial charge in [-0.2, -0.15) is 0 Å². The number of rotatable bonds is 3. The van der Waals surface area contributed by atoms with Crippen molar-refractivity contribution in [1.29, 1.82) is 0 Å². The molecule has 0 aliphatic rings. The summed E-state index contributed by atoms with van der Waals surface area (Å²) >= 11 is 0. The lowest BCUT2D eigenvalue weighted by Crippen LogP contribution is -2.01. The fourth-order valence-electron chi connectivity index (χ4n) is 0.361. The summed E-state index contributed by atoms with van der Waals surface area (Å²) in [6.07, 6.45) is 1.46. The quantitative estimate of drug-likeness (QED) is 0.543. The highest BCUT2D eigenvalue weighted by molar-refractivity contribution is 5.70. The minimum absolute atomic E-state index is 0.0182. The molecule has 0 aliphatic carbocycles. The number of ether oxygens (including phenoxy) is 1. The lowest BCUT2D eigenvalue weighted by atomic mass is 10.4. The van der Waals surface area contributed by atoms with Gasteiger partial charge in [0.05, 0.1) is 19.4 Å². The summed E-state index contributed by atoms with van der Waals surface area (Å²) in [4.78, 5) is 10.4. The Morgan fingerprint density at radius 2 is 2.44 bits per heavy atom. The van der Waals surface area contributed by atoms with E-state index in [2.05, 4.69) is 4.74 Å². The zero-order chi connectivity index (χ0) is 7.11. The van der Waals surface area contributed by atoms with Crippen molar-refractivity contribution in [3.63, 3.8) is 0 Å². The van der Waals surface area contributed by atoms with Crippen molar-refractivity contribution in [3.05, 3.63) is 12.4 Å². The molecular weight excluding hydrogens is 123 g/mol. The number of hydrogen-bond acceptors (Lipinski definition) is 2. The summed E-state index contributed by atoms with van der Waals surface area (Å²) < 4.78 is 15.7. The zero-order valence-corrected chi connectivity index (χ0v) is 5.26. The second-order valence-electron chi connectivity index (χ2n) is 1.37. The van der Waals surface area contributed by atoms with E-state index in [1.54, 1.807) is 6.92 Å². The molecule has 0 aliphatic heterocycles. The second kappa shape index (κ2) is 5.28. The van der Waals surface area contributed by atoms with Gasteiger partial charge in [0.2, 0.25) is 0 Å². The van der Waals surface area contributed by atoms with Crippen molar-refractivity contribution in [2.24, 2.45) is 0 Å². The van der Waals surface area contributed by atoms with Gasteiger partial charge in [0, 0.05) is 0 Å². The molecule has 0 heterocycles. The molecule has 0 saturated heterocycles. The van der Waals surface area contributed by atoms with Gasteiger partial charge in [-0.1, -0.05) is 0 Å². The van der Waals surface area contributed by atoms with Gasteiger partial charge in [-0.15, -0.1) is 0 Å². The Kier molecular flexibility index (Phi) is 4.78. The minimum Gasteiger partial charge on any atom is -0.466 e. The van der Waals surface area contributed by atoms with Crippen LogP contribution < -0.4 is 0 Å². The smallest absolute Gasteiger partial charge is 0.309 e. The molecule has 0 atom stereocenters. The first-order valence-corrected chi connectivity index (χ1v) is 2.72. The van der Waals surface area contributed by atoms with Crippen LogP contribution in [0.5, 0.6) is 0 Å². The van der Waals surface area contributed by atoms with E-state index in [-0.39, 0.29) is 6.42 Å². The minimum atomic E-state index is -0.397. The third-order valence-electron chi connectivity index (χ3n) is 0.679. The fraction of sp³-hybridized carbons (Fsp3) is 0.500. The van der Waals surface area contributed by atoms with Gasteiger partial charge in [0.15, 0.2) is 0 Å². The van der Waals surface area contributed by atoms with Crippen LogP contribution in [-0.2, 0) is 9.53 Å². The summed E-state index contributed by atoms with van der Waals surface area (Å²) in [6, 6.07) is 0.